The molecule has 0 unspecified atom stereocenters. The third-order valence-corrected chi connectivity index (χ3v) is 5.32. The van der Waals surface area contributed by atoms with E-state index in [0.717, 1.165) is 62.2 Å². The van der Waals surface area contributed by atoms with E-state index in [1.807, 2.05) is 28.9 Å². The van der Waals surface area contributed by atoms with Crippen LogP contribution in [0, 0.1) is 0 Å². The lowest BCUT2D eigenvalue weighted by Crippen LogP contribution is -2.45. The minimum atomic E-state index is 0.0447. The molecule has 0 atom stereocenters. The summed E-state index contributed by atoms with van der Waals surface area (Å²) in [5.41, 5.74) is 1.11. The molecule has 2 fully saturated rings. The standard InChI is InChI=1S/C16H25N5OS/c1-19-4-6-20(7-5-19)15-12-14(2-3-17-15)13-18-16(22)21-8-10-23-11-9-21/h2-3,12H,4-11,13H2,1H3,(H,18,22). The number of thioether (sulfide) groups is 1. The number of pyridine rings is 1. The first-order valence-corrected chi connectivity index (χ1v) is 9.37. The number of nitrogens with one attached hydrogen (secondary N) is 1. The Hall–Kier alpha value is -1.47. The van der Waals surface area contributed by atoms with Crippen molar-refractivity contribution in [2.24, 2.45) is 0 Å². The van der Waals surface area contributed by atoms with Gasteiger partial charge >= 0.3 is 6.03 Å². The lowest BCUT2D eigenvalue weighted by molar-refractivity contribution is 0.202. The highest BCUT2D eigenvalue weighted by Gasteiger charge is 2.17. The van der Waals surface area contributed by atoms with E-state index in [2.05, 4.69) is 33.2 Å². The highest BCUT2D eigenvalue weighted by molar-refractivity contribution is 7.99. The van der Waals surface area contributed by atoms with Crippen molar-refractivity contribution in [3.05, 3.63) is 23.9 Å². The average Bonchev–Trinajstić information content (AvgIpc) is 2.61. The zero-order valence-corrected chi connectivity index (χ0v) is 14.5. The van der Waals surface area contributed by atoms with Gasteiger partial charge in [-0.05, 0) is 24.7 Å². The van der Waals surface area contributed by atoms with Gasteiger partial charge in [0, 0.05) is 63.5 Å². The fraction of sp³-hybridized carbons (Fsp3) is 0.625. The molecular formula is C16H25N5OS. The highest BCUT2D eigenvalue weighted by atomic mass is 32.2. The van der Waals surface area contributed by atoms with Gasteiger partial charge in [-0.25, -0.2) is 9.78 Å². The van der Waals surface area contributed by atoms with Crippen LogP contribution in [0.5, 0.6) is 0 Å². The van der Waals surface area contributed by atoms with Gasteiger partial charge in [-0.1, -0.05) is 0 Å². The summed E-state index contributed by atoms with van der Waals surface area (Å²) < 4.78 is 0. The Balaban J connectivity index is 1.54. The lowest BCUT2D eigenvalue weighted by atomic mass is 10.2. The van der Waals surface area contributed by atoms with E-state index in [4.69, 9.17) is 0 Å². The summed E-state index contributed by atoms with van der Waals surface area (Å²) in [5.74, 6) is 3.09. The molecule has 126 valence electrons. The minimum Gasteiger partial charge on any atom is -0.354 e. The van der Waals surface area contributed by atoms with Crippen LogP contribution >= 0.6 is 11.8 Å². The van der Waals surface area contributed by atoms with Crippen molar-refractivity contribution < 1.29 is 4.79 Å². The van der Waals surface area contributed by atoms with E-state index in [1.165, 1.54) is 0 Å². The molecule has 23 heavy (non-hydrogen) atoms. The van der Waals surface area contributed by atoms with E-state index in [9.17, 15) is 4.79 Å². The van der Waals surface area contributed by atoms with E-state index < -0.39 is 0 Å². The second-order valence-electron chi connectivity index (χ2n) is 6.07. The Morgan fingerprint density at radius 2 is 1.96 bits per heavy atom. The molecule has 2 aliphatic rings. The number of urea groups is 1. The third kappa shape index (κ3) is 4.51. The predicted octanol–water partition coefficient (Wildman–Crippen LogP) is 1.09. The van der Waals surface area contributed by atoms with Crippen molar-refractivity contribution in [3.63, 3.8) is 0 Å². The molecule has 0 aliphatic carbocycles. The Bertz CT molecular complexity index is 527. The molecule has 3 heterocycles. The Morgan fingerprint density at radius 1 is 1.22 bits per heavy atom. The van der Waals surface area contributed by atoms with Crippen LogP contribution in [0.3, 0.4) is 0 Å². The van der Waals surface area contributed by atoms with Crippen molar-refractivity contribution in [1.29, 1.82) is 0 Å². The van der Waals surface area contributed by atoms with Gasteiger partial charge in [-0.2, -0.15) is 11.8 Å². The first kappa shape index (κ1) is 16.4. The Morgan fingerprint density at radius 3 is 2.70 bits per heavy atom. The van der Waals surface area contributed by atoms with Crippen LogP contribution in [-0.4, -0.2) is 78.6 Å². The first-order chi connectivity index (χ1) is 11.2. The number of carbonyl (C=O) groups is 1. The average molecular weight is 335 g/mol. The Kier molecular flexibility index (Phi) is 5.61. The van der Waals surface area contributed by atoms with Gasteiger partial charge in [0.2, 0.25) is 0 Å². The van der Waals surface area contributed by atoms with Gasteiger partial charge in [-0.3, -0.25) is 0 Å². The number of nitrogens with zero attached hydrogens (tertiary/aromatic N) is 4. The molecule has 1 N–H and O–H groups in total. The van der Waals surface area contributed by atoms with Gasteiger partial charge < -0.3 is 20.0 Å². The number of rotatable bonds is 3. The van der Waals surface area contributed by atoms with Gasteiger partial charge in [0.25, 0.3) is 0 Å². The van der Waals surface area contributed by atoms with Crippen molar-refractivity contribution in [1.82, 2.24) is 20.1 Å². The molecule has 3 rings (SSSR count). The van der Waals surface area contributed by atoms with Crippen molar-refractivity contribution in [2.45, 2.75) is 6.54 Å². The van der Waals surface area contributed by atoms with Crippen LogP contribution in [0.15, 0.2) is 18.3 Å². The fourth-order valence-electron chi connectivity index (χ4n) is 2.83. The number of carbonyl (C=O) groups excluding carboxylic acids is 1. The maximum absolute atomic E-state index is 12.2. The second-order valence-corrected chi connectivity index (χ2v) is 7.30. The van der Waals surface area contributed by atoms with Gasteiger partial charge in [0.1, 0.15) is 5.82 Å². The number of hydrogen-bond acceptors (Lipinski definition) is 5. The van der Waals surface area contributed by atoms with Crippen LogP contribution in [0.25, 0.3) is 0 Å². The summed E-state index contributed by atoms with van der Waals surface area (Å²) in [6.07, 6.45) is 1.84. The minimum absolute atomic E-state index is 0.0447. The first-order valence-electron chi connectivity index (χ1n) is 8.21. The molecule has 7 heteroatoms. The predicted molar refractivity (Wildman–Crippen MR) is 95.1 cm³/mol. The SMILES string of the molecule is CN1CCN(c2cc(CNC(=O)N3CCSCC3)ccn2)CC1. The quantitative estimate of drug-likeness (QED) is 0.896. The smallest absolute Gasteiger partial charge is 0.317 e. The number of hydrogen-bond donors (Lipinski definition) is 1. The summed E-state index contributed by atoms with van der Waals surface area (Å²) in [6.45, 7) is 6.39. The lowest BCUT2D eigenvalue weighted by Gasteiger charge is -2.33. The molecule has 0 bridgehead atoms. The van der Waals surface area contributed by atoms with Gasteiger partial charge in [-0.15, -0.1) is 0 Å². The number of aromatic nitrogens is 1. The van der Waals surface area contributed by atoms with Gasteiger partial charge in [0.15, 0.2) is 0 Å². The zero-order valence-electron chi connectivity index (χ0n) is 13.7. The van der Waals surface area contributed by atoms with Gasteiger partial charge in [0.05, 0.1) is 0 Å². The molecule has 6 nitrogen and oxygen atoms in total. The maximum Gasteiger partial charge on any atom is 0.317 e. The van der Waals surface area contributed by atoms with Crippen molar-refractivity contribution in [2.75, 3.05) is 62.7 Å². The normalized spacial score (nSPS) is 19.7. The van der Waals surface area contributed by atoms with E-state index in [-0.39, 0.29) is 6.03 Å². The van der Waals surface area contributed by atoms with E-state index in [0.29, 0.717) is 6.54 Å². The summed E-state index contributed by atoms with van der Waals surface area (Å²) in [6, 6.07) is 4.12. The van der Waals surface area contributed by atoms with Crippen molar-refractivity contribution in [3.8, 4) is 0 Å². The maximum atomic E-state index is 12.2. The number of likely N-dealkylation sites (N-methyl/N-ethyl adjacent to an activating group) is 1. The molecule has 2 saturated heterocycles. The number of piperazine rings is 1. The monoisotopic (exact) mass is 335 g/mol. The molecule has 2 aliphatic heterocycles. The topological polar surface area (TPSA) is 51.7 Å². The molecular weight excluding hydrogens is 310 g/mol. The largest absolute Gasteiger partial charge is 0.354 e. The van der Waals surface area contributed by atoms with E-state index in [1.54, 1.807) is 0 Å². The summed E-state index contributed by atoms with van der Waals surface area (Å²) >= 11 is 1.91. The molecule has 1 aromatic heterocycles. The molecule has 0 radical (unpaired) electrons. The molecule has 0 aromatic carbocycles. The van der Waals surface area contributed by atoms with Crippen LogP contribution in [0.1, 0.15) is 5.56 Å². The van der Waals surface area contributed by atoms with Crippen molar-refractivity contribution >= 4 is 23.6 Å². The molecule has 2 amide bonds. The molecule has 1 aromatic rings. The van der Waals surface area contributed by atoms with Crippen LogP contribution in [0.2, 0.25) is 0 Å². The summed E-state index contributed by atoms with van der Waals surface area (Å²) in [7, 11) is 2.15. The van der Waals surface area contributed by atoms with E-state index >= 15 is 0 Å². The van der Waals surface area contributed by atoms with Crippen LogP contribution in [0.4, 0.5) is 10.6 Å². The van der Waals surface area contributed by atoms with Crippen LogP contribution in [-0.2, 0) is 6.54 Å². The fourth-order valence-corrected chi connectivity index (χ4v) is 3.74. The summed E-state index contributed by atoms with van der Waals surface area (Å²) in [4.78, 5) is 23.2. The Labute approximate surface area is 142 Å². The summed E-state index contributed by atoms with van der Waals surface area (Å²) in [5, 5.41) is 3.03. The number of anilines is 1. The second kappa shape index (κ2) is 7.88. The van der Waals surface area contributed by atoms with Crippen LogP contribution < -0.4 is 10.2 Å². The highest BCUT2D eigenvalue weighted by Crippen LogP contribution is 2.15. The third-order valence-electron chi connectivity index (χ3n) is 4.38. The molecule has 0 saturated carbocycles. The number of amides is 2. The molecule has 0 spiro atoms. The zero-order chi connectivity index (χ0) is 16.1.